The molecule has 0 amide bonds. The van der Waals surface area contributed by atoms with E-state index in [2.05, 4.69) is 56.0 Å². The van der Waals surface area contributed by atoms with E-state index in [1.54, 1.807) is 0 Å². The molecule has 0 spiro atoms. The van der Waals surface area contributed by atoms with Gasteiger partial charge in [-0.05, 0) is 29.2 Å². The lowest BCUT2D eigenvalue weighted by Crippen LogP contribution is -1.89. The van der Waals surface area contributed by atoms with E-state index in [1.165, 1.54) is 23.1 Å². The maximum Gasteiger partial charge on any atom is 0.0119 e. The van der Waals surface area contributed by atoms with Crippen molar-refractivity contribution < 1.29 is 0 Å². The zero-order valence-electron chi connectivity index (χ0n) is 9.48. The largest absolute Gasteiger partial charge is 0.143 e. The van der Waals surface area contributed by atoms with Crippen LogP contribution in [0.2, 0.25) is 0 Å². The molecule has 0 fully saturated rings. The van der Waals surface area contributed by atoms with E-state index in [0.717, 1.165) is 11.3 Å². The number of hydrogen-bond acceptors (Lipinski definition) is 1. The van der Waals surface area contributed by atoms with E-state index in [4.69, 9.17) is 0 Å². The van der Waals surface area contributed by atoms with Gasteiger partial charge in [-0.15, -0.1) is 12.6 Å². The second kappa shape index (κ2) is 5.22. The van der Waals surface area contributed by atoms with Crippen LogP contribution in [0.4, 0.5) is 0 Å². The fourth-order valence-electron chi connectivity index (χ4n) is 1.97. The van der Waals surface area contributed by atoms with E-state index < -0.39 is 0 Å². The Morgan fingerprint density at radius 3 is 2.19 bits per heavy atom. The Hall–Kier alpha value is -1.21. The molecule has 2 rings (SSSR count). The SMILES string of the molecule is CCCc1ccccc1-c1ccccc1S. The zero-order valence-corrected chi connectivity index (χ0v) is 10.4. The molecule has 0 nitrogen and oxygen atoms in total. The van der Waals surface area contributed by atoms with Gasteiger partial charge in [0.1, 0.15) is 0 Å². The molecule has 0 aromatic heterocycles. The predicted octanol–water partition coefficient (Wildman–Crippen LogP) is 4.59. The average Bonchev–Trinajstić information content (AvgIpc) is 2.31. The fraction of sp³-hybridized carbons (Fsp3) is 0.200. The van der Waals surface area contributed by atoms with Crippen LogP contribution in [0, 0.1) is 0 Å². The molecule has 16 heavy (non-hydrogen) atoms. The van der Waals surface area contributed by atoms with Gasteiger partial charge in [-0.3, -0.25) is 0 Å². The van der Waals surface area contributed by atoms with Crippen molar-refractivity contribution in [1.82, 2.24) is 0 Å². The van der Waals surface area contributed by atoms with Crippen molar-refractivity contribution in [1.29, 1.82) is 0 Å². The van der Waals surface area contributed by atoms with Crippen LogP contribution in [0.25, 0.3) is 11.1 Å². The number of rotatable bonds is 3. The summed E-state index contributed by atoms with van der Waals surface area (Å²) in [7, 11) is 0. The van der Waals surface area contributed by atoms with Crippen molar-refractivity contribution in [3.8, 4) is 11.1 Å². The molecule has 2 aromatic rings. The number of hydrogen-bond donors (Lipinski definition) is 1. The molecule has 0 N–H and O–H groups in total. The quantitative estimate of drug-likeness (QED) is 0.729. The lowest BCUT2D eigenvalue weighted by atomic mass is 9.97. The summed E-state index contributed by atoms with van der Waals surface area (Å²) in [6, 6.07) is 16.9. The second-order valence-electron chi connectivity index (χ2n) is 3.92. The Balaban J connectivity index is 2.51. The standard InChI is InChI=1S/C15H16S/c1-2-7-12-8-3-4-9-13(12)14-10-5-6-11-15(14)16/h3-6,8-11,16H,2,7H2,1H3. The van der Waals surface area contributed by atoms with Crippen LogP contribution in [0.15, 0.2) is 53.4 Å². The minimum Gasteiger partial charge on any atom is -0.143 e. The van der Waals surface area contributed by atoms with Crippen molar-refractivity contribution in [2.24, 2.45) is 0 Å². The molecule has 0 atom stereocenters. The normalized spacial score (nSPS) is 10.4. The van der Waals surface area contributed by atoms with Crippen molar-refractivity contribution in [3.05, 3.63) is 54.1 Å². The summed E-state index contributed by atoms with van der Waals surface area (Å²) in [4.78, 5) is 1.05. The van der Waals surface area contributed by atoms with Gasteiger partial charge in [0.15, 0.2) is 0 Å². The maximum atomic E-state index is 4.52. The molecule has 0 aliphatic heterocycles. The minimum atomic E-state index is 1.05. The summed E-state index contributed by atoms with van der Waals surface area (Å²) in [6.07, 6.45) is 2.30. The third kappa shape index (κ3) is 2.30. The highest BCUT2D eigenvalue weighted by atomic mass is 32.1. The highest BCUT2D eigenvalue weighted by molar-refractivity contribution is 7.80. The second-order valence-corrected chi connectivity index (χ2v) is 4.41. The van der Waals surface area contributed by atoms with Crippen molar-refractivity contribution in [3.63, 3.8) is 0 Å². The van der Waals surface area contributed by atoms with Gasteiger partial charge in [-0.1, -0.05) is 55.8 Å². The van der Waals surface area contributed by atoms with Gasteiger partial charge in [0, 0.05) is 4.90 Å². The molecule has 0 heterocycles. The first-order valence-corrected chi connectivity index (χ1v) is 6.14. The Kier molecular flexibility index (Phi) is 3.68. The first-order chi connectivity index (χ1) is 7.83. The number of thiol groups is 1. The van der Waals surface area contributed by atoms with E-state index in [0.29, 0.717) is 0 Å². The molecular formula is C15H16S. The van der Waals surface area contributed by atoms with Crippen LogP contribution in [-0.4, -0.2) is 0 Å². The molecule has 0 saturated carbocycles. The molecule has 0 unspecified atom stereocenters. The van der Waals surface area contributed by atoms with Crippen molar-refractivity contribution in [2.75, 3.05) is 0 Å². The van der Waals surface area contributed by atoms with E-state index in [9.17, 15) is 0 Å². The monoisotopic (exact) mass is 228 g/mol. The summed E-state index contributed by atoms with van der Waals surface area (Å²) >= 11 is 4.52. The summed E-state index contributed by atoms with van der Waals surface area (Å²) < 4.78 is 0. The first kappa shape index (κ1) is 11.3. The smallest absolute Gasteiger partial charge is 0.0119 e. The lowest BCUT2D eigenvalue weighted by molar-refractivity contribution is 0.923. The highest BCUT2D eigenvalue weighted by Crippen LogP contribution is 2.29. The topological polar surface area (TPSA) is 0 Å². The van der Waals surface area contributed by atoms with Crippen LogP contribution in [0.3, 0.4) is 0 Å². The molecule has 0 radical (unpaired) electrons. The molecule has 82 valence electrons. The van der Waals surface area contributed by atoms with Crippen molar-refractivity contribution >= 4 is 12.6 Å². The minimum absolute atomic E-state index is 1.05. The van der Waals surface area contributed by atoms with Gasteiger partial charge >= 0.3 is 0 Å². The summed E-state index contributed by atoms with van der Waals surface area (Å²) in [5.41, 5.74) is 3.95. The molecular weight excluding hydrogens is 212 g/mol. The van der Waals surface area contributed by atoms with Crippen LogP contribution in [0.5, 0.6) is 0 Å². The first-order valence-electron chi connectivity index (χ1n) is 5.69. The van der Waals surface area contributed by atoms with Crippen LogP contribution in [-0.2, 0) is 6.42 Å². The zero-order chi connectivity index (χ0) is 11.4. The highest BCUT2D eigenvalue weighted by Gasteiger charge is 2.05. The molecule has 2 aromatic carbocycles. The van der Waals surface area contributed by atoms with Gasteiger partial charge in [0.25, 0.3) is 0 Å². The molecule has 0 aliphatic rings. The average molecular weight is 228 g/mol. The van der Waals surface area contributed by atoms with E-state index in [1.807, 2.05) is 12.1 Å². The van der Waals surface area contributed by atoms with Gasteiger partial charge < -0.3 is 0 Å². The Morgan fingerprint density at radius 2 is 1.50 bits per heavy atom. The van der Waals surface area contributed by atoms with Gasteiger partial charge in [0.05, 0.1) is 0 Å². The third-order valence-electron chi connectivity index (χ3n) is 2.73. The third-order valence-corrected chi connectivity index (χ3v) is 3.12. The van der Waals surface area contributed by atoms with Gasteiger partial charge in [0.2, 0.25) is 0 Å². The molecule has 1 heteroatoms. The molecule has 0 saturated heterocycles. The van der Waals surface area contributed by atoms with Gasteiger partial charge in [-0.25, -0.2) is 0 Å². The number of aryl methyl sites for hydroxylation is 1. The summed E-state index contributed by atoms with van der Waals surface area (Å²) in [6.45, 7) is 2.21. The Morgan fingerprint density at radius 1 is 0.875 bits per heavy atom. The summed E-state index contributed by atoms with van der Waals surface area (Å²) in [5.74, 6) is 0. The van der Waals surface area contributed by atoms with Crippen LogP contribution in [0.1, 0.15) is 18.9 Å². The Labute approximate surface area is 103 Å². The predicted molar refractivity (Wildman–Crippen MR) is 73.1 cm³/mol. The van der Waals surface area contributed by atoms with Crippen molar-refractivity contribution in [2.45, 2.75) is 24.7 Å². The number of benzene rings is 2. The van der Waals surface area contributed by atoms with Crippen LogP contribution < -0.4 is 0 Å². The maximum absolute atomic E-state index is 4.52. The van der Waals surface area contributed by atoms with E-state index >= 15 is 0 Å². The van der Waals surface area contributed by atoms with Crippen LogP contribution >= 0.6 is 12.6 Å². The fourth-order valence-corrected chi connectivity index (χ4v) is 2.25. The lowest BCUT2D eigenvalue weighted by Gasteiger charge is -2.10. The molecule has 0 bridgehead atoms. The van der Waals surface area contributed by atoms with Gasteiger partial charge in [-0.2, -0.15) is 0 Å². The summed E-state index contributed by atoms with van der Waals surface area (Å²) in [5, 5.41) is 0. The van der Waals surface area contributed by atoms with E-state index in [-0.39, 0.29) is 0 Å². The molecule has 0 aliphatic carbocycles. The Bertz CT molecular complexity index is 474.